The number of rotatable bonds is 2. The Hall–Kier alpha value is -1.45. The van der Waals surface area contributed by atoms with Crippen LogP contribution < -0.4 is 5.32 Å². The zero-order chi connectivity index (χ0) is 13.2. The zero-order valence-corrected chi connectivity index (χ0v) is 10.4. The molecule has 0 heterocycles. The molecule has 1 aliphatic rings. The maximum atomic E-state index is 13.0. The highest BCUT2D eigenvalue weighted by Crippen LogP contribution is 2.33. The minimum Gasteiger partial charge on any atom is -0.349 e. The summed E-state index contributed by atoms with van der Waals surface area (Å²) in [6.45, 7) is 1.91. The van der Waals surface area contributed by atoms with Gasteiger partial charge < -0.3 is 5.32 Å². The smallest absolute Gasteiger partial charge is 0.251 e. The van der Waals surface area contributed by atoms with Crippen molar-refractivity contribution in [3.63, 3.8) is 0 Å². The first-order chi connectivity index (χ1) is 8.46. The van der Waals surface area contributed by atoms with E-state index in [1.165, 1.54) is 0 Å². The van der Waals surface area contributed by atoms with E-state index in [1.54, 1.807) is 12.1 Å². The van der Waals surface area contributed by atoms with Crippen molar-refractivity contribution in [1.29, 1.82) is 0 Å². The minimum atomic E-state index is -2.55. The highest BCUT2D eigenvalue weighted by Gasteiger charge is 2.35. The Morgan fingerprint density at radius 3 is 2.61 bits per heavy atom. The Morgan fingerprint density at radius 2 is 2.00 bits per heavy atom. The van der Waals surface area contributed by atoms with Crippen molar-refractivity contribution >= 4 is 5.91 Å². The summed E-state index contributed by atoms with van der Waals surface area (Å²) in [4.78, 5) is 11.9. The van der Waals surface area contributed by atoms with Gasteiger partial charge in [-0.25, -0.2) is 8.78 Å². The second-order valence-corrected chi connectivity index (χ2v) is 4.97. The third-order valence-electron chi connectivity index (χ3n) is 3.33. The van der Waals surface area contributed by atoms with Gasteiger partial charge in [0.25, 0.3) is 5.91 Å². The van der Waals surface area contributed by atoms with E-state index in [0.29, 0.717) is 18.4 Å². The van der Waals surface area contributed by atoms with Crippen molar-refractivity contribution in [2.75, 3.05) is 0 Å². The molecule has 0 bridgehead atoms. The summed E-state index contributed by atoms with van der Waals surface area (Å²) in [6.07, 6.45) is 0.437. The van der Waals surface area contributed by atoms with Crippen molar-refractivity contribution < 1.29 is 13.6 Å². The van der Waals surface area contributed by atoms with Crippen LogP contribution in [-0.2, 0) is 0 Å². The highest BCUT2D eigenvalue weighted by molar-refractivity contribution is 5.94. The fourth-order valence-electron chi connectivity index (χ4n) is 2.24. The second-order valence-electron chi connectivity index (χ2n) is 4.97. The fourth-order valence-corrected chi connectivity index (χ4v) is 2.24. The van der Waals surface area contributed by atoms with Gasteiger partial charge in [-0.05, 0) is 31.9 Å². The van der Waals surface area contributed by atoms with E-state index in [4.69, 9.17) is 0 Å². The Labute approximate surface area is 105 Å². The van der Waals surface area contributed by atoms with Crippen LogP contribution in [0.4, 0.5) is 8.78 Å². The van der Waals surface area contributed by atoms with Crippen molar-refractivity contribution in [3.8, 4) is 0 Å². The predicted octanol–water partition coefficient (Wildman–Crippen LogP) is 3.30. The molecule has 1 fully saturated rings. The SMILES string of the molecule is Cc1cccc(C(=O)NC2CCC(F)(F)CC2)c1. The van der Waals surface area contributed by atoms with Crippen LogP contribution in [-0.4, -0.2) is 17.9 Å². The number of carbonyl (C=O) groups excluding carboxylic acids is 1. The molecule has 1 aromatic rings. The summed E-state index contributed by atoms with van der Waals surface area (Å²) >= 11 is 0. The number of alkyl halides is 2. The molecule has 1 saturated carbocycles. The van der Waals surface area contributed by atoms with Gasteiger partial charge in [-0.3, -0.25) is 4.79 Å². The number of benzene rings is 1. The fraction of sp³-hybridized carbons (Fsp3) is 0.500. The van der Waals surface area contributed by atoms with Crippen LogP contribution in [0, 0.1) is 6.92 Å². The molecule has 0 unspecified atom stereocenters. The van der Waals surface area contributed by atoms with Crippen LogP contribution in [0.5, 0.6) is 0 Å². The molecule has 98 valence electrons. The van der Waals surface area contributed by atoms with Gasteiger partial charge in [0.15, 0.2) is 0 Å². The molecule has 1 aromatic carbocycles. The third kappa shape index (κ3) is 3.28. The number of hydrogen-bond acceptors (Lipinski definition) is 1. The topological polar surface area (TPSA) is 29.1 Å². The lowest BCUT2D eigenvalue weighted by molar-refractivity contribution is -0.0399. The van der Waals surface area contributed by atoms with Gasteiger partial charge in [-0.2, -0.15) is 0 Å². The lowest BCUT2D eigenvalue weighted by Crippen LogP contribution is -2.40. The van der Waals surface area contributed by atoms with Gasteiger partial charge in [0, 0.05) is 24.4 Å². The lowest BCUT2D eigenvalue weighted by Gasteiger charge is -2.28. The van der Waals surface area contributed by atoms with Gasteiger partial charge in [0.2, 0.25) is 5.92 Å². The molecule has 0 saturated heterocycles. The van der Waals surface area contributed by atoms with Crippen LogP contribution in [0.1, 0.15) is 41.6 Å². The number of nitrogens with one attached hydrogen (secondary N) is 1. The lowest BCUT2D eigenvalue weighted by atomic mass is 9.92. The Kier molecular flexibility index (Phi) is 3.64. The van der Waals surface area contributed by atoms with Gasteiger partial charge in [-0.15, -0.1) is 0 Å². The number of hydrogen-bond donors (Lipinski definition) is 1. The van der Waals surface area contributed by atoms with E-state index in [-0.39, 0.29) is 24.8 Å². The van der Waals surface area contributed by atoms with Gasteiger partial charge in [-0.1, -0.05) is 17.7 Å². The maximum absolute atomic E-state index is 13.0. The summed E-state index contributed by atoms with van der Waals surface area (Å²) in [5.41, 5.74) is 1.60. The van der Waals surface area contributed by atoms with Crippen molar-refractivity contribution in [2.24, 2.45) is 0 Å². The molecule has 4 heteroatoms. The highest BCUT2D eigenvalue weighted by atomic mass is 19.3. The van der Waals surface area contributed by atoms with Gasteiger partial charge in [0.1, 0.15) is 0 Å². The first kappa shape index (κ1) is 13.0. The molecule has 0 spiro atoms. The van der Waals surface area contributed by atoms with Crippen LogP contribution in [0.25, 0.3) is 0 Å². The summed E-state index contributed by atoms with van der Waals surface area (Å²) in [6, 6.07) is 7.14. The van der Waals surface area contributed by atoms with E-state index in [2.05, 4.69) is 5.32 Å². The molecule has 0 aromatic heterocycles. The van der Waals surface area contributed by atoms with Gasteiger partial charge in [0.05, 0.1) is 0 Å². The van der Waals surface area contributed by atoms with Crippen LogP contribution in [0.2, 0.25) is 0 Å². The largest absolute Gasteiger partial charge is 0.349 e. The predicted molar refractivity (Wildman–Crippen MR) is 65.8 cm³/mol. The number of halogens is 2. The van der Waals surface area contributed by atoms with E-state index < -0.39 is 5.92 Å². The monoisotopic (exact) mass is 253 g/mol. The number of carbonyl (C=O) groups is 1. The molecule has 18 heavy (non-hydrogen) atoms. The molecule has 2 rings (SSSR count). The molecule has 0 aliphatic heterocycles. The van der Waals surface area contributed by atoms with Crippen LogP contribution in [0.15, 0.2) is 24.3 Å². The van der Waals surface area contributed by atoms with Crippen LogP contribution >= 0.6 is 0 Å². The molecule has 0 radical (unpaired) electrons. The van der Waals surface area contributed by atoms with E-state index in [9.17, 15) is 13.6 Å². The van der Waals surface area contributed by atoms with Gasteiger partial charge >= 0.3 is 0 Å². The molecular formula is C14H17F2NO. The summed E-state index contributed by atoms with van der Waals surface area (Å²) in [7, 11) is 0. The van der Waals surface area contributed by atoms with Crippen molar-refractivity contribution in [1.82, 2.24) is 5.32 Å². The van der Waals surface area contributed by atoms with Crippen molar-refractivity contribution in [3.05, 3.63) is 35.4 Å². The standard InChI is InChI=1S/C14H17F2NO/c1-10-3-2-4-11(9-10)13(18)17-12-5-7-14(15,16)8-6-12/h2-4,9,12H,5-8H2,1H3,(H,17,18). The summed E-state index contributed by atoms with van der Waals surface area (Å²) in [5.74, 6) is -2.72. The molecule has 1 amide bonds. The average Bonchev–Trinajstić information content (AvgIpc) is 2.32. The average molecular weight is 253 g/mol. The summed E-state index contributed by atoms with van der Waals surface area (Å²) < 4.78 is 26.0. The molecule has 1 N–H and O–H groups in total. The normalized spacial score (nSPS) is 19.5. The van der Waals surface area contributed by atoms with E-state index >= 15 is 0 Å². The Morgan fingerprint density at radius 1 is 1.33 bits per heavy atom. The summed E-state index contributed by atoms with van der Waals surface area (Å²) in [5, 5.41) is 2.83. The number of aryl methyl sites for hydroxylation is 1. The number of amides is 1. The molecule has 0 atom stereocenters. The molecule has 1 aliphatic carbocycles. The Balaban J connectivity index is 1.93. The maximum Gasteiger partial charge on any atom is 0.251 e. The van der Waals surface area contributed by atoms with Crippen LogP contribution in [0.3, 0.4) is 0 Å². The Bertz CT molecular complexity index is 435. The molecule has 2 nitrogen and oxygen atoms in total. The third-order valence-corrected chi connectivity index (χ3v) is 3.33. The quantitative estimate of drug-likeness (QED) is 0.860. The molecular weight excluding hydrogens is 236 g/mol. The van der Waals surface area contributed by atoms with E-state index in [1.807, 2.05) is 19.1 Å². The zero-order valence-electron chi connectivity index (χ0n) is 10.4. The van der Waals surface area contributed by atoms with E-state index in [0.717, 1.165) is 5.56 Å². The first-order valence-corrected chi connectivity index (χ1v) is 6.22. The minimum absolute atomic E-state index is 0.127. The first-order valence-electron chi connectivity index (χ1n) is 6.22. The second kappa shape index (κ2) is 5.04. The van der Waals surface area contributed by atoms with Crippen molar-refractivity contribution in [2.45, 2.75) is 44.6 Å².